The molecular formula is C8H5F3INO2. The summed E-state index contributed by atoms with van der Waals surface area (Å²) < 4.78 is 39.7. The Bertz CT molecular complexity index is 392. The maximum atomic E-state index is 11.9. The Morgan fingerprint density at radius 3 is 2.60 bits per heavy atom. The van der Waals surface area contributed by atoms with Gasteiger partial charge in [-0.3, -0.25) is 4.79 Å². The van der Waals surface area contributed by atoms with Crippen molar-refractivity contribution in [2.75, 3.05) is 0 Å². The van der Waals surface area contributed by atoms with Crippen LogP contribution in [-0.4, -0.2) is 17.6 Å². The molecular weight excluding hydrogens is 326 g/mol. The first kappa shape index (κ1) is 12.2. The fourth-order valence-corrected chi connectivity index (χ4v) is 1.25. The van der Waals surface area contributed by atoms with Gasteiger partial charge in [0.2, 0.25) is 5.88 Å². The predicted molar refractivity (Wildman–Crippen MR) is 53.8 cm³/mol. The van der Waals surface area contributed by atoms with Crippen molar-refractivity contribution in [2.45, 2.75) is 13.3 Å². The first-order valence-corrected chi connectivity index (χ1v) is 4.79. The highest BCUT2D eigenvalue weighted by molar-refractivity contribution is 14.1. The van der Waals surface area contributed by atoms with Gasteiger partial charge in [0, 0.05) is 0 Å². The van der Waals surface area contributed by atoms with Gasteiger partial charge in [-0.05, 0) is 41.1 Å². The molecule has 0 atom stereocenters. The quantitative estimate of drug-likeness (QED) is 0.475. The van der Waals surface area contributed by atoms with Crippen molar-refractivity contribution in [3.05, 3.63) is 20.9 Å². The average Bonchev–Trinajstić information content (AvgIpc) is 2.08. The fraction of sp³-hybridized carbons (Fsp3) is 0.250. The fourth-order valence-electron chi connectivity index (χ4n) is 0.872. The zero-order valence-corrected chi connectivity index (χ0v) is 9.59. The largest absolute Gasteiger partial charge is 0.574 e. The monoisotopic (exact) mass is 331 g/mol. The number of hydrogen-bond donors (Lipinski definition) is 0. The van der Waals surface area contributed by atoms with E-state index in [-0.39, 0.29) is 11.8 Å². The zero-order valence-electron chi connectivity index (χ0n) is 7.43. The highest BCUT2D eigenvalue weighted by Crippen LogP contribution is 2.25. The van der Waals surface area contributed by atoms with E-state index >= 15 is 0 Å². The lowest BCUT2D eigenvalue weighted by atomic mass is 10.2. The summed E-state index contributed by atoms with van der Waals surface area (Å²) in [5, 5.41) is 0. The standard InChI is InChI=1S/C8H5F3INO2/c1-4-2-5(3-14)7(13-6(4)12)15-8(9,10)11/h2-3H,1H3. The second-order valence-corrected chi connectivity index (χ2v) is 3.68. The Labute approximate surface area is 96.8 Å². The van der Waals surface area contributed by atoms with Crippen LogP contribution in [0, 0.1) is 10.6 Å². The molecule has 0 unspecified atom stereocenters. The number of aromatic nitrogens is 1. The molecule has 1 aromatic heterocycles. The molecule has 1 heterocycles. The Morgan fingerprint density at radius 2 is 2.13 bits per heavy atom. The molecule has 0 saturated heterocycles. The smallest absolute Gasteiger partial charge is 0.387 e. The Kier molecular flexibility index (Phi) is 3.53. The minimum Gasteiger partial charge on any atom is -0.387 e. The van der Waals surface area contributed by atoms with Gasteiger partial charge in [0.05, 0.1) is 5.56 Å². The van der Waals surface area contributed by atoms with Gasteiger partial charge >= 0.3 is 6.36 Å². The van der Waals surface area contributed by atoms with Gasteiger partial charge in [-0.25, -0.2) is 4.98 Å². The SMILES string of the molecule is Cc1cc(C=O)c(OC(F)(F)F)nc1I. The lowest BCUT2D eigenvalue weighted by molar-refractivity contribution is -0.276. The van der Waals surface area contributed by atoms with Crippen LogP contribution in [0.3, 0.4) is 0 Å². The number of hydrogen-bond acceptors (Lipinski definition) is 3. The molecule has 3 nitrogen and oxygen atoms in total. The Balaban J connectivity index is 3.16. The van der Waals surface area contributed by atoms with Gasteiger partial charge in [-0.1, -0.05) is 0 Å². The van der Waals surface area contributed by atoms with Crippen molar-refractivity contribution in [1.29, 1.82) is 0 Å². The van der Waals surface area contributed by atoms with E-state index < -0.39 is 12.2 Å². The normalized spacial score (nSPS) is 11.3. The molecule has 15 heavy (non-hydrogen) atoms. The summed E-state index contributed by atoms with van der Waals surface area (Å²) in [6, 6.07) is 1.29. The van der Waals surface area contributed by atoms with Gasteiger partial charge in [-0.15, -0.1) is 13.2 Å². The molecule has 0 aliphatic heterocycles. The third kappa shape index (κ3) is 3.33. The van der Waals surface area contributed by atoms with Crippen LogP contribution in [0.1, 0.15) is 15.9 Å². The van der Waals surface area contributed by atoms with E-state index in [2.05, 4.69) is 9.72 Å². The summed E-state index contributed by atoms with van der Waals surface area (Å²) >= 11 is 1.76. The number of carbonyl (C=O) groups excluding carboxylic acids is 1. The molecule has 0 aliphatic rings. The van der Waals surface area contributed by atoms with E-state index in [1.54, 1.807) is 29.5 Å². The summed E-state index contributed by atoms with van der Waals surface area (Å²) in [5.41, 5.74) is 0.400. The topological polar surface area (TPSA) is 39.2 Å². The molecule has 0 N–H and O–H groups in total. The van der Waals surface area contributed by atoms with E-state index in [0.29, 0.717) is 9.26 Å². The first-order chi connectivity index (χ1) is 6.83. The van der Waals surface area contributed by atoms with Crippen molar-refractivity contribution in [3.63, 3.8) is 0 Å². The van der Waals surface area contributed by atoms with Crippen molar-refractivity contribution >= 4 is 28.9 Å². The highest BCUT2D eigenvalue weighted by Gasteiger charge is 2.33. The van der Waals surface area contributed by atoms with Crippen molar-refractivity contribution in [1.82, 2.24) is 4.98 Å². The molecule has 7 heteroatoms. The summed E-state index contributed by atoms with van der Waals surface area (Å²) in [5.74, 6) is -0.715. The number of pyridine rings is 1. The van der Waals surface area contributed by atoms with E-state index in [4.69, 9.17) is 0 Å². The van der Waals surface area contributed by atoms with E-state index in [9.17, 15) is 18.0 Å². The molecule has 82 valence electrons. The predicted octanol–water partition coefficient (Wildman–Crippen LogP) is 2.71. The van der Waals surface area contributed by atoms with Gasteiger partial charge in [0.25, 0.3) is 0 Å². The molecule has 0 aliphatic carbocycles. The Hall–Kier alpha value is -0.860. The lowest BCUT2D eigenvalue weighted by Gasteiger charge is -2.10. The summed E-state index contributed by atoms with van der Waals surface area (Å²) in [6.07, 6.45) is -4.57. The highest BCUT2D eigenvalue weighted by atomic mass is 127. The number of ether oxygens (including phenoxy) is 1. The number of alkyl halides is 3. The number of nitrogens with zero attached hydrogens (tertiary/aromatic N) is 1. The number of aldehydes is 1. The molecule has 1 rings (SSSR count). The molecule has 0 saturated carbocycles. The van der Waals surface area contributed by atoms with E-state index in [1.165, 1.54) is 6.07 Å². The van der Waals surface area contributed by atoms with Crippen molar-refractivity contribution in [3.8, 4) is 5.88 Å². The zero-order chi connectivity index (χ0) is 11.6. The van der Waals surface area contributed by atoms with Gasteiger partial charge in [0.1, 0.15) is 3.70 Å². The molecule has 0 radical (unpaired) electrons. The molecule has 0 bridgehead atoms. The van der Waals surface area contributed by atoms with Gasteiger partial charge < -0.3 is 4.74 Å². The second kappa shape index (κ2) is 4.33. The summed E-state index contributed by atoms with van der Waals surface area (Å²) in [6.45, 7) is 1.64. The van der Waals surface area contributed by atoms with Crippen molar-refractivity contribution < 1.29 is 22.7 Å². The van der Waals surface area contributed by atoms with E-state index in [1.807, 2.05) is 0 Å². The minimum atomic E-state index is -4.84. The van der Waals surface area contributed by atoms with Crippen LogP contribution in [-0.2, 0) is 0 Å². The molecule has 1 aromatic rings. The maximum Gasteiger partial charge on any atom is 0.574 e. The second-order valence-electron chi connectivity index (χ2n) is 2.66. The maximum absolute atomic E-state index is 11.9. The summed E-state index contributed by atoms with van der Waals surface area (Å²) in [4.78, 5) is 14.0. The third-order valence-corrected chi connectivity index (χ3v) is 2.58. The van der Waals surface area contributed by atoms with Gasteiger partial charge in [0.15, 0.2) is 6.29 Å². The number of aryl methyl sites for hydroxylation is 1. The molecule has 0 aromatic carbocycles. The summed E-state index contributed by atoms with van der Waals surface area (Å²) in [7, 11) is 0. The number of halogens is 4. The van der Waals surface area contributed by atoms with Gasteiger partial charge in [-0.2, -0.15) is 0 Å². The molecule has 0 amide bonds. The van der Waals surface area contributed by atoms with Crippen LogP contribution >= 0.6 is 22.6 Å². The molecule has 0 spiro atoms. The van der Waals surface area contributed by atoms with Crippen LogP contribution in [0.4, 0.5) is 13.2 Å². The van der Waals surface area contributed by atoms with E-state index in [0.717, 1.165) is 0 Å². The van der Waals surface area contributed by atoms with Crippen LogP contribution in [0.25, 0.3) is 0 Å². The first-order valence-electron chi connectivity index (χ1n) is 3.71. The lowest BCUT2D eigenvalue weighted by Crippen LogP contribution is -2.19. The number of carbonyl (C=O) groups is 1. The Morgan fingerprint density at radius 1 is 1.53 bits per heavy atom. The van der Waals surface area contributed by atoms with Crippen LogP contribution < -0.4 is 4.74 Å². The molecule has 0 fully saturated rings. The van der Waals surface area contributed by atoms with Crippen LogP contribution in [0.2, 0.25) is 0 Å². The third-order valence-electron chi connectivity index (χ3n) is 1.48. The number of rotatable bonds is 2. The average molecular weight is 331 g/mol. The van der Waals surface area contributed by atoms with Crippen LogP contribution in [0.15, 0.2) is 6.07 Å². The minimum absolute atomic E-state index is 0.217. The van der Waals surface area contributed by atoms with Crippen molar-refractivity contribution in [2.24, 2.45) is 0 Å². The van der Waals surface area contributed by atoms with Crippen LogP contribution in [0.5, 0.6) is 5.88 Å².